The summed E-state index contributed by atoms with van der Waals surface area (Å²) >= 11 is 0. The lowest BCUT2D eigenvalue weighted by molar-refractivity contribution is 0.0245. The summed E-state index contributed by atoms with van der Waals surface area (Å²) in [5.41, 5.74) is 0. The van der Waals surface area contributed by atoms with Crippen LogP contribution in [-0.2, 0) is 14.2 Å². The van der Waals surface area contributed by atoms with E-state index in [9.17, 15) is 0 Å². The fourth-order valence-electron chi connectivity index (χ4n) is 2.65. The molecule has 4 nitrogen and oxygen atoms in total. The number of methoxy groups -OCH3 is 1. The first-order chi connectivity index (χ1) is 9.25. The smallest absolute Gasteiger partial charge is 0.0701 e. The van der Waals surface area contributed by atoms with Gasteiger partial charge in [-0.1, -0.05) is 26.7 Å². The quantitative estimate of drug-likeness (QED) is 0.619. The molecule has 114 valence electrons. The van der Waals surface area contributed by atoms with Gasteiger partial charge in [0.2, 0.25) is 0 Å². The molecule has 0 aromatic heterocycles. The van der Waals surface area contributed by atoms with Crippen LogP contribution in [0.3, 0.4) is 0 Å². The van der Waals surface area contributed by atoms with Crippen LogP contribution >= 0.6 is 0 Å². The number of hydrogen-bond acceptors (Lipinski definition) is 4. The Labute approximate surface area is 118 Å². The fourth-order valence-corrected chi connectivity index (χ4v) is 2.65. The molecule has 0 spiro atoms. The van der Waals surface area contributed by atoms with Crippen LogP contribution in [0.4, 0.5) is 0 Å². The monoisotopic (exact) mass is 273 g/mol. The van der Waals surface area contributed by atoms with E-state index in [1.54, 1.807) is 7.11 Å². The average molecular weight is 273 g/mol. The second-order valence-corrected chi connectivity index (χ2v) is 5.55. The molecule has 1 fully saturated rings. The maximum Gasteiger partial charge on any atom is 0.0701 e. The van der Waals surface area contributed by atoms with Crippen molar-refractivity contribution in [3.05, 3.63) is 0 Å². The van der Waals surface area contributed by atoms with Crippen LogP contribution in [0, 0.1) is 11.8 Å². The number of nitrogens with one attached hydrogen (secondary N) is 1. The summed E-state index contributed by atoms with van der Waals surface area (Å²) in [5, 5.41) is 3.63. The van der Waals surface area contributed by atoms with Gasteiger partial charge in [-0.15, -0.1) is 0 Å². The molecule has 1 rings (SSSR count). The lowest BCUT2D eigenvalue weighted by Crippen LogP contribution is -2.42. The van der Waals surface area contributed by atoms with Crippen molar-refractivity contribution < 1.29 is 14.2 Å². The Morgan fingerprint density at radius 2 is 1.63 bits per heavy atom. The molecule has 1 aliphatic rings. The first kappa shape index (κ1) is 16.9. The molecule has 1 N–H and O–H groups in total. The van der Waals surface area contributed by atoms with E-state index in [0.29, 0.717) is 32.5 Å². The maximum atomic E-state index is 5.54. The molecule has 1 saturated carbocycles. The van der Waals surface area contributed by atoms with Gasteiger partial charge in [0, 0.05) is 19.7 Å². The molecule has 0 aromatic carbocycles. The average Bonchev–Trinajstić information content (AvgIpc) is 2.41. The predicted octanol–water partition coefficient (Wildman–Crippen LogP) is 2.08. The summed E-state index contributed by atoms with van der Waals surface area (Å²) in [6.07, 6.45) is 4.05. The zero-order chi connectivity index (χ0) is 13.9. The molecule has 0 saturated heterocycles. The summed E-state index contributed by atoms with van der Waals surface area (Å²) in [7, 11) is 1.68. The lowest BCUT2D eigenvalue weighted by Gasteiger charge is -2.34. The van der Waals surface area contributed by atoms with E-state index in [1.807, 2.05) is 0 Å². The maximum absolute atomic E-state index is 5.54. The van der Waals surface area contributed by atoms with Gasteiger partial charge in [-0.2, -0.15) is 0 Å². The van der Waals surface area contributed by atoms with Crippen molar-refractivity contribution >= 4 is 0 Å². The minimum Gasteiger partial charge on any atom is -0.382 e. The van der Waals surface area contributed by atoms with Gasteiger partial charge in [-0.05, 0) is 18.3 Å². The van der Waals surface area contributed by atoms with Crippen molar-refractivity contribution in [3.63, 3.8) is 0 Å². The first-order valence-corrected chi connectivity index (χ1v) is 7.63. The third-order valence-corrected chi connectivity index (χ3v) is 4.16. The van der Waals surface area contributed by atoms with Gasteiger partial charge in [0.25, 0.3) is 0 Å². The van der Waals surface area contributed by atoms with Crippen molar-refractivity contribution in [1.29, 1.82) is 0 Å². The zero-order valence-corrected chi connectivity index (χ0v) is 12.8. The molecular weight excluding hydrogens is 242 g/mol. The minimum absolute atomic E-state index is 0.648. The highest BCUT2D eigenvalue weighted by Crippen LogP contribution is 2.29. The van der Waals surface area contributed by atoms with E-state index in [1.165, 1.54) is 19.3 Å². The lowest BCUT2D eigenvalue weighted by atomic mass is 9.78. The van der Waals surface area contributed by atoms with Crippen molar-refractivity contribution in [3.8, 4) is 0 Å². The van der Waals surface area contributed by atoms with E-state index < -0.39 is 0 Å². The van der Waals surface area contributed by atoms with Crippen molar-refractivity contribution in [1.82, 2.24) is 5.32 Å². The van der Waals surface area contributed by atoms with Gasteiger partial charge in [0.15, 0.2) is 0 Å². The summed E-state index contributed by atoms with van der Waals surface area (Å²) in [5.74, 6) is 1.63. The normalized spacial score (nSPS) is 27.6. The molecule has 4 heteroatoms. The molecule has 3 atom stereocenters. The Kier molecular flexibility index (Phi) is 9.43. The standard InChI is InChI=1S/C15H31NO3/c1-13-5-4-6-15(14(13)2)16-7-8-18-11-12-19-10-9-17-3/h13-16H,4-12H2,1-3H3. The predicted molar refractivity (Wildman–Crippen MR) is 77.5 cm³/mol. The highest BCUT2D eigenvalue weighted by molar-refractivity contribution is 4.81. The molecule has 0 aliphatic heterocycles. The summed E-state index contributed by atoms with van der Waals surface area (Å²) < 4.78 is 15.8. The molecule has 0 radical (unpaired) electrons. The molecule has 0 aromatic rings. The molecule has 0 bridgehead atoms. The van der Waals surface area contributed by atoms with Crippen molar-refractivity contribution in [2.75, 3.05) is 46.7 Å². The summed E-state index contributed by atoms with van der Waals surface area (Å²) in [6.45, 7) is 9.07. The van der Waals surface area contributed by atoms with Gasteiger partial charge in [0.05, 0.1) is 33.0 Å². The number of rotatable bonds is 10. The summed E-state index contributed by atoms with van der Waals surface area (Å²) in [4.78, 5) is 0. The van der Waals surface area contributed by atoms with E-state index in [0.717, 1.165) is 25.0 Å². The Morgan fingerprint density at radius 3 is 2.37 bits per heavy atom. The van der Waals surface area contributed by atoms with Crippen LogP contribution in [0.1, 0.15) is 33.1 Å². The third-order valence-electron chi connectivity index (χ3n) is 4.16. The SMILES string of the molecule is COCCOCCOCCNC1CCCC(C)C1C. The third kappa shape index (κ3) is 7.25. The second-order valence-electron chi connectivity index (χ2n) is 5.55. The van der Waals surface area contributed by atoms with Gasteiger partial charge < -0.3 is 19.5 Å². The Balaban J connectivity index is 1.90. The molecule has 3 unspecified atom stereocenters. The highest BCUT2D eigenvalue weighted by atomic mass is 16.5. The van der Waals surface area contributed by atoms with Crippen LogP contribution in [0.25, 0.3) is 0 Å². The highest BCUT2D eigenvalue weighted by Gasteiger charge is 2.26. The van der Waals surface area contributed by atoms with E-state index in [4.69, 9.17) is 14.2 Å². The van der Waals surface area contributed by atoms with Gasteiger partial charge >= 0.3 is 0 Å². The van der Waals surface area contributed by atoms with Crippen LogP contribution in [0.2, 0.25) is 0 Å². The fraction of sp³-hybridized carbons (Fsp3) is 1.00. The van der Waals surface area contributed by atoms with Crippen molar-refractivity contribution in [2.24, 2.45) is 11.8 Å². The Bertz CT molecular complexity index is 214. The summed E-state index contributed by atoms with van der Waals surface area (Å²) in [6, 6.07) is 0.672. The zero-order valence-electron chi connectivity index (χ0n) is 12.8. The Morgan fingerprint density at radius 1 is 0.947 bits per heavy atom. The van der Waals surface area contributed by atoms with E-state index >= 15 is 0 Å². The first-order valence-electron chi connectivity index (χ1n) is 7.63. The van der Waals surface area contributed by atoms with E-state index in [2.05, 4.69) is 19.2 Å². The van der Waals surface area contributed by atoms with E-state index in [-0.39, 0.29) is 0 Å². The van der Waals surface area contributed by atoms with Crippen LogP contribution in [0.5, 0.6) is 0 Å². The molecular formula is C15H31NO3. The minimum atomic E-state index is 0.648. The number of hydrogen-bond donors (Lipinski definition) is 1. The Hall–Kier alpha value is -0.160. The molecule has 1 aliphatic carbocycles. The van der Waals surface area contributed by atoms with Crippen molar-refractivity contribution in [2.45, 2.75) is 39.2 Å². The van der Waals surface area contributed by atoms with Crippen LogP contribution in [0.15, 0.2) is 0 Å². The molecule has 19 heavy (non-hydrogen) atoms. The topological polar surface area (TPSA) is 39.7 Å². The van der Waals surface area contributed by atoms with Gasteiger partial charge in [-0.25, -0.2) is 0 Å². The molecule has 0 amide bonds. The van der Waals surface area contributed by atoms with Crippen LogP contribution in [-0.4, -0.2) is 52.7 Å². The number of ether oxygens (including phenoxy) is 3. The largest absolute Gasteiger partial charge is 0.382 e. The van der Waals surface area contributed by atoms with Gasteiger partial charge in [-0.3, -0.25) is 0 Å². The van der Waals surface area contributed by atoms with Gasteiger partial charge in [0.1, 0.15) is 0 Å². The second kappa shape index (κ2) is 10.6. The van der Waals surface area contributed by atoms with Crippen LogP contribution < -0.4 is 5.32 Å². The molecule has 0 heterocycles.